The maximum Gasteiger partial charge on any atom is -0.00743 e. The van der Waals surface area contributed by atoms with Gasteiger partial charge >= 0.3 is 0 Å². The van der Waals surface area contributed by atoms with E-state index in [2.05, 4.69) is 0 Å². The number of hydrogen-bond donors (Lipinski definition) is 2. The zero-order chi connectivity index (χ0) is 5.54. The Morgan fingerprint density at radius 2 is 2.14 bits per heavy atom. The van der Waals surface area contributed by atoms with Crippen LogP contribution in [0.4, 0.5) is 0 Å². The van der Waals surface area contributed by atoms with E-state index in [0.717, 1.165) is 19.4 Å². The van der Waals surface area contributed by atoms with Crippen LogP contribution in [0.1, 0.15) is 12.8 Å². The van der Waals surface area contributed by atoms with Crippen molar-refractivity contribution in [2.45, 2.75) is 12.8 Å². The van der Waals surface area contributed by atoms with Crippen LogP contribution in [0.25, 0.3) is 0 Å². The van der Waals surface area contributed by atoms with E-state index in [1.54, 1.807) is 6.20 Å². The van der Waals surface area contributed by atoms with E-state index < -0.39 is 0 Å². The van der Waals surface area contributed by atoms with E-state index in [9.17, 15) is 0 Å². The number of unbranched alkanes of at least 4 members (excludes halogenated alkanes) is 1. The van der Waals surface area contributed by atoms with E-state index >= 15 is 0 Å². The number of allylic oxidation sites excluding steroid dienone is 1. The molecule has 0 aliphatic rings. The average molecular weight is 100 g/mol. The lowest BCUT2D eigenvalue weighted by Crippen LogP contribution is -1.96. The molecule has 0 aromatic heterocycles. The predicted octanol–water partition coefficient (Wildman–Crippen LogP) is 0.198. The molecule has 2 heteroatoms. The molecule has 0 radical (unpaired) electrons. The Balaban J connectivity index is 2.69. The van der Waals surface area contributed by atoms with Gasteiger partial charge < -0.3 is 11.5 Å². The summed E-state index contributed by atoms with van der Waals surface area (Å²) in [5.74, 6) is 0. The average Bonchev–Trinajstić information content (AvgIpc) is 1.69. The van der Waals surface area contributed by atoms with Gasteiger partial charge in [-0.2, -0.15) is 0 Å². The van der Waals surface area contributed by atoms with Crippen LogP contribution in [-0.4, -0.2) is 6.54 Å². The minimum atomic E-state index is 0.754. The van der Waals surface area contributed by atoms with Crippen molar-refractivity contribution in [2.24, 2.45) is 11.5 Å². The fraction of sp³-hybridized carbons (Fsp3) is 0.600. The third-order valence-corrected chi connectivity index (χ3v) is 0.711. The van der Waals surface area contributed by atoms with E-state index in [4.69, 9.17) is 11.5 Å². The molecule has 0 unspecified atom stereocenters. The van der Waals surface area contributed by atoms with E-state index in [1.165, 1.54) is 0 Å². The van der Waals surface area contributed by atoms with Gasteiger partial charge in [-0.1, -0.05) is 6.08 Å². The van der Waals surface area contributed by atoms with Gasteiger partial charge in [0.25, 0.3) is 0 Å². The highest BCUT2D eigenvalue weighted by Gasteiger charge is 1.73. The molecule has 0 heterocycles. The fourth-order valence-electron chi connectivity index (χ4n) is 0.332. The standard InChI is InChI=1S/C5H12N2/c6-4-2-1-3-5-7/h2,4H,1,3,5-7H2. The number of rotatable bonds is 3. The maximum atomic E-state index is 5.19. The molecule has 0 aromatic rings. The Morgan fingerprint density at radius 1 is 1.43 bits per heavy atom. The highest BCUT2D eigenvalue weighted by molar-refractivity contribution is 4.74. The largest absolute Gasteiger partial charge is 0.405 e. The molecule has 0 rings (SSSR count). The van der Waals surface area contributed by atoms with Crippen molar-refractivity contribution in [1.82, 2.24) is 0 Å². The second kappa shape index (κ2) is 5.50. The van der Waals surface area contributed by atoms with Gasteiger partial charge in [-0.05, 0) is 25.6 Å². The molecule has 2 nitrogen and oxygen atoms in total. The first-order chi connectivity index (χ1) is 3.41. The van der Waals surface area contributed by atoms with Gasteiger partial charge in [-0.25, -0.2) is 0 Å². The van der Waals surface area contributed by atoms with Gasteiger partial charge in [0.1, 0.15) is 0 Å². The third kappa shape index (κ3) is 5.50. The van der Waals surface area contributed by atoms with E-state index in [0.29, 0.717) is 0 Å². The first kappa shape index (κ1) is 6.50. The molecule has 0 bridgehead atoms. The molecule has 7 heavy (non-hydrogen) atoms. The van der Waals surface area contributed by atoms with Crippen molar-refractivity contribution in [3.63, 3.8) is 0 Å². The first-order valence-corrected chi connectivity index (χ1v) is 2.48. The summed E-state index contributed by atoms with van der Waals surface area (Å²) in [7, 11) is 0. The van der Waals surface area contributed by atoms with Gasteiger partial charge in [0.15, 0.2) is 0 Å². The first-order valence-electron chi connectivity index (χ1n) is 2.48. The summed E-state index contributed by atoms with van der Waals surface area (Å²) in [6.45, 7) is 0.754. The second-order valence-electron chi connectivity index (χ2n) is 1.36. The highest BCUT2D eigenvalue weighted by atomic mass is 14.5. The zero-order valence-electron chi connectivity index (χ0n) is 4.43. The molecule has 0 fully saturated rings. The van der Waals surface area contributed by atoms with Gasteiger partial charge in [-0.3, -0.25) is 0 Å². The molecule has 0 spiro atoms. The summed E-state index contributed by atoms with van der Waals surface area (Å²) in [5, 5.41) is 0. The minimum absolute atomic E-state index is 0.754. The molecule has 42 valence electrons. The van der Waals surface area contributed by atoms with Crippen LogP contribution in [-0.2, 0) is 0 Å². The fourth-order valence-corrected chi connectivity index (χ4v) is 0.332. The molecule has 0 aliphatic heterocycles. The number of nitrogens with two attached hydrogens (primary N) is 2. The van der Waals surface area contributed by atoms with Crippen molar-refractivity contribution < 1.29 is 0 Å². The molecule has 0 atom stereocenters. The van der Waals surface area contributed by atoms with Gasteiger partial charge in [0, 0.05) is 0 Å². The summed E-state index contributed by atoms with van der Waals surface area (Å²) in [6.07, 6.45) is 5.50. The summed E-state index contributed by atoms with van der Waals surface area (Å²) in [6, 6.07) is 0. The summed E-state index contributed by atoms with van der Waals surface area (Å²) < 4.78 is 0. The Bertz CT molecular complexity index is 50.0. The van der Waals surface area contributed by atoms with Crippen LogP contribution in [0.15, 0.2) is 12.3 Å². The topological polar surface area (TPSA) is 52.0 Å². The van der Waals surface area contributed by atoms with Crippen LogP contribution < -0.4 is 11.5 Å². The van der Waals surface area contributed by atoms with Crippen LogP contribution in [0.5, 0.6) is 0 Å². The summed E-state index contributed by atoms with van der Waals surface area (Å²) >= 11 is 0. The molecule has 0 amide bonds. The predicted molar refractivity (Wildman–Crippen MR) is 31.6 cm³/mol. The normalized spacial score (nSPS) is 10.4. The molecule has 0 saturated heterocycles. The molecule has 0 saturated carbocycles. The molecular formula is C5H12N2. The van der Waals surface area contributed by atoms with E-state index in [-0.39, 0.29) is 0 Å². The molecule has 0 aliphatic carbocycles. The lowest BCUT2D eigenvalue weighted by atomic mass is 10.3. The molecular weight excluding hydrogens is 88.1 g/mol. The van der Waals surface area contributed by atoms with Crippen LogP contribution in [0, 0.1) is 0 Å². The van der Waals surface area contributed by atoms with Crippen molar-refractivity contribution in [1.29, 1.82) is 0 Å². The molecule has 4 N–H and O–H groups in total. The van der Waals surface area contributed by atoms with Crippen molar-refractivity contribution in [3.05, 3.63) is 12.3 Å². The Kier molecular flexibility index (Phi) is 5.11. The maximum absolute atomic E-state index is 5.19. The van der Waals surface area contributed by atoms with Gasteiger partial charge in [-0.15, -0.1) is 0 Å². The zero-order valence-corrected chi connectivity index (χ0v) is 4.43. The summed E-state index contributed by atoms with van der Waals surface area (Å²) in [4.78, 5) is 0. The van der Waals surface area contributed by atoms with Crippen molar-refractivity contribution in [2.75, 3.05) is 6.54 Å². The van der Waals surface area contributed by atoms with Crippen LogP contribution in [0.3, 0.4) is 0 Å². The van der Waals surface area contributed by atoms with Gasteiger partial charge in [0.2, 0.25) is 0 Å². The van der Waals surface area contributed by atoms with Crippen LogP contribution >= 0.6 is 0 Å². The highest BCUT2D eigenvalue weighted by Crippen LogP contribution is 1.83. The lowest BCUT2D eigenvalue weighted by molar-refractivity contribution is 0.854. The quantitative estimate of drug-likeness (QED) is 0.498. The Hall–Kier alpha value is -0.500. The van der Waals surface area contributed by atoms with Crippen molar-refractivity contribution >= 4 is 0 Å². The van der Waals surface area contributed by atoms with Crippen molar-refractivity contribution in [3.8, 4) is 0 Å². The smallest absolute Gasteiger partial charge is 0.00743 e. The Morgan fingerprint density at radius 3 is 2.57 bits per heavy atom. The van der Waals surface area contributed by atoms with E-state index in [1.807, 2.05) is 6.08 Å². The number of hydrogen-bond acceptors (Lipinski definition) is 2. The Labute approximate surface area is 44.2 Å². The SMILES string of the molecule is NC=CCCCN. The molecule has 0 aromatic carbocycles. The van der Waals surface area contributed by atoms with Crippen LogP contribution in [0.2, 0.25) is 0 Å². The monoisotopic (exact) mass is 100 g/mol. The third-order valence-electron chi connectivity index (χ3n) is 0.711. The second-order valence-corrected chi connectivity index (χ2v) is 1.36. The summed E-state index contributed by atoms with van der Waals surface area (Å²) in [5.41, 5.74) is 10.2. The minimum Gasteiger partial charge on any atom is -0.405 e. The lowest BCUT2D eigenvalue weighted by Gasteiger charge is -1.84. The van der Waals surface area contributed by atoms with Gasteiger partial charge in [0.05, 0.1) is 0 Å².